The van der Waals surface area contributed by atoms with E-state index in [1.807, 2.05) is 18.2 Å². The van der Waals surface area contributed by atoms with Crippen LogP contribution in [0.15, 0.2) is 79.3 Å². The van der Waals surface area contributed by atoms with E-state index in [1.54, 1.807) is 24.4 Å². The Morgan fingerprint density at radius 2 is 1.69 bits per heavy atom. The molecule has 6 nitrogen and oxygen atoms in total. The van der Waals surface area contributed by atoms with E-state index in [1.165, 1.54) is 40.0 Å². The van der Waals surface area contributed by atoms with Gasteiger partial charge in [-0.05, 0) is 42.5 Å². The standard InChI is InChI=1S/C20H14F3N5O/c21-20(22,23)16-13-15(27-11-4-10-24-27)7-8-17(16)25-19(29)18-9-12-28(26-18)14-5-2-1-3-6-14/h1-13H,(H,25,29). The van der Waals surface area contributed by atoms with Gasteiger partial charge in [0.2, 0.25) is 0 Å². The van der Waals surface area contributed by atoms with Crippen LogP contribution in [0.2, 0.25) is 0 Å². The summed E-state index contributed by atoms with van der Waals surface area (Å²) in [5, 5.41) is 10.4. The number of carbonyl (C=O) groups is 1. The fourth-order valence-corrected chi connectivity index (χ4v) is 2.80. The topological polar surface area (TPSA) is 64.7 Å². The predicted molar refractivity (Wildman–Crippen MR) is 100 cm³/mol. The second kappa shape index (κ2) is 7.27. The SMILES string of the molecule is O=C(Nc1ccc(-n2cccn2)cc1C(F)(F)F)c1ccn(-c2ccccc2)n1. The maximum Gasteiger partial charge on any atom is 0.418 e. The van der Waals surface area contributed by atoms with Crippen LogP contribution in [0.1, 0.15) is 16.1 Å². The normalized spacial score (nSPS) is 11.4. The molecule has 29 heavy (non-hydrogen) atoms. The van der Waals surface area contributed by atoms with Gasteiger partial charge in [0.25, 0.3) is 5.91 Å². The molecule has 1 N–H and O–H groups in total. The number of nitrogens with one attached hydrogen (secondary N) is 1. The van der Waals surface area contributed by atoms with Crippen LogP contribution in [0.5, 0.6) is 0 Å². The summed E-state index contributed by atoms with van der Waals surface area (Å²) in [7, 11) is 0. The Morgan fingerprint density at radius 1 is 0.897 bits per heavy atom. The molecule has 0 aliphatic heterocycles. The van der Waals surface area contributed by atoms with Crippen molar-refractivity contribution >= 4 is 11.6 Å². The van der Waals surface area contributed by atoms with Crippen LogP contribution in [0.4, 0.5) is 18.9 Å². The molecule has 4 aromatic rings. The second-order valence-corrected chi connectivity index (χ2v) is 6.11. The van der Waals surface area contributed by atoms with E-state index in [0.717, 1.165) is 11.8 Å². The molecule has 0 saturated heterocycles. The lowest BCUT2D eigenvalue weighted by Crippen LogP contribution is -2.18. The molecule has 0 aliphatic carbocycles. The number of anilines is 1. The van der Waals surface area contributed by atoms with Crippen molar-refractivity contribution in [2.24, 2.45) is 0 Å². The number of hydrogen-bond donors (Lipinski definition) is 1. The van der Waals surface area contributed by atoms with Crippen molar-refractivity contribution in [1.82, 2.24) is 19.6 Å². The molecule has 2 heterocycles. The van der Waals surface area contributed by atoms with Gasteiger partial charge in [0, 0.05) is 18.6 Å². The van der Waals surface area contributed by atoms with Gasteiger partial charge in [0.05, 0.1) is 22.6 Å². The summed E-state index contributed by atoms with van der Waals surface area (Å²) in [6.07, 6.45) is -0.0964. The number of para-hydroxylation sites is 1. The minimum absolute atomic E-state index is 0.00173. The quantitative estimate of drug-likeness (QED) is 0.558. The average Bonchev–Trinajstić information content (AvgIpc) is 3.40. The molecule has 0 bridgehead atoms. The Morgan fingerprint density at radius 3 is 2.38 bits per heavy atom. The van der Waals surface area contributed by atoms with E-state index in [0.29, 0.717) is 0 Å². The first kappa shape index (κ1) is 18.5. The van der Waals surface area contributed by atoms with Gasteiger partial charge in [0.1, 0.15) is 0 Å². The number of alkyl halides is 3. The summed E-state index contributed by atoms with van der Waals surface area (Å²) in [5.74, 6) is -0.739. The van der Waals surface area contributed by atoms with Crippen LogP contribution < -0.4 is 5.32 Å². The summed E-state index contributed by atoms with van der Waals surface area (Å²) >= 11 is 0. The van der Waals surface area contributed by atoms with Crippen LogP contribution in [-0.2, 0) is 6.18 Å². The number of carbonyl (C=O) groups excluding carboxylic acids is 1. The number of aromatic nitrogens is 4. The molecular weight excluding hydrogens is 383 g/mol. The summed E-state index contributed by atoms with van der Waals surface area (Å²) in [6.45, 7) is 0. The number of rotatable bonds is 4. The third-order valence-corrected chi connectivity index (χ3v) is 4.17. The molecule has 2 aromatic heterocycles. The van der Waals surface area contributed by atoms with Gasteiger partial charge in [-0.25, -0.2) is 9.36 Å². The zero-order chi connectivity index (χ0) is 20.4. The monoisotopic (exact) mass is 397 g/mol. The molecule has 2 aromatic carbocycles. The molecule has 0 atom stereocenters. The van der Waals surface area contributed by atoms with Crippen molar-refractivity contribution in [3.05, 3.63) is 90.5 Å². The number of amides is 1. The Balaban J connectivity index is 1.62. The van der Waals surface area contributed by atoms with E-state index in [9.17, 15) is 18.0 Å². The van der Waals surface area contributed by atoms with Gasteiger partial charge in [-0.3, -0.25) is 4.79 Å². The summed E-state index contributed by atoms with van der Waals surface area (Å²) in [4.78, 5) is 12.5. The highest BCUT2D eigenvalue weighted by atomic mass is 19.4. The Labute approximate surface area is 163 Å². The lowest BCUT2D eigenvalue weighted by molar-refractivity contribution is -0.136. The first-order valence-corrected chi connectivity index (χ1v) is 8.55. The molecular formula is C20H14F3N5O. The third-order valence-electron chi connectivity index (χ3n) is 4.17. The van der Waals surface area contributed by atoms with Gasteiger partial charge < -0.3 is 5.32 Å². The van der Waals surface area contributed by atoms with Crippen LogP contribution in [0, 0.1) is 0 Å². The third kappa shape index (κ3) is 3.88. The first-order chi connectivity index (χ1) is 13.9. The molecule has 9 heteroatoms. The molecule has 0 saturated carbocycles. The van der Waals surface area contributed by atoms with Gasteiger partial charge >= 0.3 is 6.18 Å². The molecule has 0 fully saturated rings. The van der Waals surface area contributed by atoms with E-state index in [2.05, 4.69) is 15.5 Å². The minimum Gasteiger partial charge on any atom is -0.320 e. The van der Waals surface area contributed by atoms with Gasteiger partial charge in [-0.15, -0.1) is 0 Å². The zero-order valence-electron chi connectivity index (χ0n) is 14.8. The fourth-order valence-electron chi connectivity index (χ4n) is 2.80. The highest BCUT2D eigenvalue weighted by molar-refractivity contribution is 6.03. The molecule has 4 rings (SSSR count). The zero-order valence-corrected chi connectivity index (χ0v) is 14.8. The van der Waals surface area contributed by atoms with Gasteiger partial charge in [-0.2, -0.15) is 23.4 Å². The van der Waals surface area contributed by atoms with Crippen molar-refractivity contribution in [2.45, 2.75) is 6.18 Å². The number of halogens is 3. The van der Waals surface area contributed by atoms with Gasteiger partial charge in [-0.1, -0.05) is 18.2 Å². The van der Waals surface area contributed by atoms with Crippen LogP contribution >= 0.6 is 0 Å². The highest BCUT2D eigenvalue weighted by Crippen LogP contribution is 2.36. The van der Waals surface area contributed by atoms with Gasteiger partial charge in [0.15, 0.2) is 5.69 Å². The maximum atomic E-state index is 13.5. The number of hydrogen-bond acceptors (Lipinski definition) is 3. The molecule has 0 radical (unpaired) electrons. The van der Waals surface area contributed by atoms with Crippen LogP contribution in [-0.4, -0.2) is 25.5 Å². The van der Waals surface area contributed by atoms with E-state index in [-0.39, 0.29) is 17.1 Å². The van der Waals surface area contributed by atoms with E-state index >= 15 is 0 Å². The summed E-state index contributed by atoms with van der Waals surface area (Å²) in [6, 6.07) is 15.7. The Kier molecular flexibility index (Phi) is 4.63. The van der Waals surface area contributed by atoms with Crippen molar-refractivity contribution in [3.8, 4) is 11.4 Å². The maximum absolute atomic E-state index is 13.5. The Hall–Kier alpha value is -3.88. The smallest absolute Gasteiger partial charge is 0.320 e. The summed E-state index contributed by atoms with van der Waals surface area (Å²) < 4.78 is 43.4. The molecule has 0 unspecified atom stereocenters. The van der Waals surface area contributed by atoms with Crippen molar-refractivity contribution < 1.29 is 18.0 Å². The largest absolute Gasteiger partial charge is 0.418 e. The lowest BCUT2D eigenvalue weighted by Gasteiger charge is -2.15. The number of nitrogens with zero attached hydrogens (tertiary/aromatic N) is 4. The lowest BCUT2D eigenvalue weighted by atomic mass is 10.1. The van der Waals surface area contributed by atoms with Crippen molar-refractivity contribution in [1.29, 1.82) is 0 Å². The molecule has 146 valence electrons. The fraction of sp³-hybridized carbons (Fsp3) is 0.0500. The van der Waals surface area contributed by atoms with Crippen molar-refractivity contribution in [2.75, 3.05) is 5.32 Å². The van der Waals surface area contributed by atoms with Crippen molar-refractivity contribution in [3.63, 3.8) is 0 Å². The van der Waals surface area contributed by atoms with E-state index in [4.69, 9.17) is 0 Å². The first-order valence-electron chi connectivity index (χ1n) is 8.55. The van der Waals surface area contributed by atoms with Crippen LogP contribution in [0.25, 0.3) is 11.4 Å². The van der Waals surface area contributed by atoms with Crippen LogP contribution in [0.3, 0.4) is 0 Å². The van der Waals surface area contributed by atoms with E-state index < -0.39 is 17.6 Å². The molecule has 0 spiro atoms. The number of benzene rings is 2. The predicted octanol–water partition coefficient (Wildman–Crippen LogP) is 4.33. The minimum atomic E-state index is -4.66. The summed E-state index contributed by atoms with van der Waals surface area (Å²) in [5.41, 5.74) is -0.369. The average molecular weight is 397 g/mol. The molecule has 1 amide bonds. The highest BCUT2D eigenvalue weighted by Gasteiger charge is 2.34. The Bertz CT molecular complexity index is 1130. The molecule has 0 aliphatic rings. The second-order valence-electron chi connectivity index (χ2n) is 6.11.